The van der Waals surface area contributed by atoms with Crippen LogP contribution in [0.4, 0.5) is 0 Å². The zero-order valence-corrected chi connectivity index (χ0v) is 17.6. The Balaban J connectivity index is 1.84. The molecule has 0 saturated heterocycles. The summed E-state index contributed by atoms with van der Waals surface area (Å²) < 4.78 is 28.5. The van der Waals surface area contributed by atoms with E-state index in [9.17, 15) is 13.2 Å². The summed E-state index contributed by atoms with van der Waals surface area (Å²) in [6.45, 7) is 0. The number of benzene rings is 1. The molecule has 2 unspecified atom stereocenters. The zero-order chi connectivity index (χ0) is 19.7. The fourth-order valence-corrected chi connectivity index (χ4v) is 4.64. The van der Waals surface area contributed by atoms with Gasteiger partial charge in [-0.2, -0.15) is 0 Å². The Kier molecular flexibility index (Phi) is 8.73. The molecule has 0 bridgehead atoms. The summed E-state index contributed by atoms with van der Waals surface area (Å²) in [7, 11) is -3.49. The van der Waals surface area contributed by atoms with Gasteiger partial charge < -0.3 is 5.11 Å². The maximum absolute atomic E-state index is 12.4. The van der Waals surface area contributed by atoms with Crippen molar-refractivity contribution < 1.29 is 18.3 Å². The Bertz CT molecular complexity index is 772. The van der Waals surface area contributed by atoms with Gasteiger partial charge in [0.25, 0.3) is 0 Å². The molecule has 1 aliphatic carbocycles. The average Bonchev–Trinajstić information content (AvgIpc) is 3.03. The Morgan fingerprint density at radius 3 is 2.67 bits per heavy atom. The van der Waals surface area contributed by atoms with Crippen molar-refractivity contribution in [2.75, 3.05) is 0 Å². The Labute approximate surface area is 169 Å². The highest BCUT2D eigenvalue weighted by molar-refractivity contribution is 9.10. The third kappa shape index (κ3) is 8.41. The van der Waals surface area contributed by atoms with E-state index in [1.165, 1.54) is 5.41 Å². The van der Waals surface area contributed by atoms with Gasteiger partial charge in [0.15, 0.2) is 0 Å². The maximum atomic E-state index is 12.4. The topological polar surface area (TPSA) is 83.5 Å². The minimum Gasteiger partial charge on any atom is -0.481 e. The van der Waals surface area contributed by atoms with Gasteiger partial charge in [-0.25, -0.2) is 13.1 Å². The number of carboxylic acids is 1. The molecule has 0 amide bonds. The van der Waals surface area contributed by atoms with Gasteiger partial charge in [0.1, 0.15) is 0 Å². The second-order valence-electron chi connectivity index (χ2n) is 6.81. The standard InChI is InChI=1S/C20H26BrNO4S/c21-18-12-10-16(11-13-18)14-15-27(25,26)22-19-8-5-7-17(19)6-3-1-2-4-9-20(23)24/h1,3,10-15,17,19,22H,2,4-9H2,(H,23,24)/b3-1+,15-14+. The number of rotatable bonds is 10. The van der Waals surface area contributed by atoms with E-state index in [4.69, 9.17) is 5.11 Å². The summed E-state index contributed by atoms with van der Waals surface area (Å²) in [6.07, 6.45) is 10.9. The van der Waals surface area contributed by atoms with Crippen LogP contribution in [0.3, 0.4) is 0 Å². The van der Waals surface area contributed by atoms with Crippen LogP contribution in [0.1, 0.15) is 50.5 Å². The first kappa shape index (κ1) is 21.9. The summed E-state index contributed by atoms with van der Waals surface area (Å²) in [6, 6.07) is 7.39. The van der Waals surface area contributed by atoms with Crippen molar-refractivity contribution in [2.45, 2.75) is 51.0 Å². The van der Waals surface area contributed by atoms with Crippen LogP contribution in [-0.2, 0) is 14.8 Å². The van der Waals surface area contributed by atoms with Gasteiger partial charge in [0.05, 0.1) is 0 Å². The van der Waals surface area contributed by atoms with Gasteiger partial charge in [0, 0.05) is 22.3 Å². The summed E-state index contributed by atoms with van der Waals surface area (Å²) in [4.78, 5) is 10.5. The van der Waals surface area contributed by atoms with Crippen LogP contribution in [0.15, 0.2) is 46.3 Å². The first-order valence-corrected chi connectivity index (χ1v) is 11.5. The molecule has 1 fully saturated rings. The van der Waals surface area contributed by atoms with E-state index in [1.54, 1.807) is 6.08 Å². The predicted molar refractivity (Wildman–Crippen MR) is 112 cm³/mol. The van der Waals surface area contributed by atoms with Crippen LogP contribution in [0, 0.1) is 5.92 Å². The first-order chi connectivity index (χ1) is 12.9. The van der Waals surface area contributed by atoms with Crippen LogP contribution in [0.2, 0.25) is 0 Å². The number of aliphatic carboxylic acids is 1. The summed E-state index contributed by atoms with van der Waals surface area (Å²) in [5.74, 6) is -0.485. The third-order valence-corrected chi connectivity index (χ3v) is 6.31. The second-order valence-corrected chi connectivity index (χ2v) is 9.32. The van der Waals surface area contributed by atoms with Crippen LogP contribution < -0.4 is 4.72 Å². The Morgan fingerprint density at radius 2 is 1.96 bits per heavy atom. The lowest BCUT2D eigenvalue weighted by Gasteiger charge is -2.18. The number of unbranched alkanes of at least 4 members (excludes halogenated alkanes) is 1. The largest absolute Gasteiger partial charge is 0.481 e. The van der Waals surface area contributed by atoms with Crippen molar-refractivity contribution in [3.05, 3.63) is 51.9 Å². The van der Waals surface area contributed by atoms with Crippen molar-refractivity contribution in [1.82, 2.24) is 4.72 Å². The average molecular weight is 456 g/mol. The minimum atomic E-state index is -3.49. The van der Waals surface area contributed by atoms with Crippen molar-refractivity contribution in [2.24, 2.45) is 5.92 Å². The molecule has 1 aromatic rings. The number of halogens is 1. The molecule has 1 saturated carbocycles. The normalized spacial score (nSPS) is 20.6. The lowest BCUT2D eigenvalue weighted by Crippen LogP contribution is -2.36. The van der Waals surface area contributed by atoms with Crippen molar-refractivity contribution in [3.8, 4) is 0 Å². The summed E-state index contributed by atoms with van der Waals surface area (Å²) in [5.41, 5.74) is 0.829. The summed E-state index contributed by atoms with van der Waals surface area (Å²) >= 11 is 3.36. The number of carboxylic acid groups (broad SMARTS) is 1. The van der Waals surface area contributed by atoms with Gasteiger partial charge in [0.2, 0.25) is 10.0 Å². The molecular weight excluding hydrogens is 430 g/mol. The molecule has 0 heterocycles. The number of nitrogens with one attached hydrogen (secondary N) is 1. The van der Waals surface area contributed by atoms with Crippen LogP contribution >= 0.6 is 15.9 Å². The highest BCUT2D eigenvalue weighted by Crippen LogP contribution is 2.29. The predicted octanol–water partition coefficient (Wildman–Crippen LogP) is 4.71. The van der Waals surface area contributed by atoms with E-state index in [1.807, 2.05) is 30.3 Å². The highest BCUT2D eigenvalue weighted by atomic mass is 79.9. The van der Waals surface area contributed by atoms with Crippen molar-refractivity contribution in [1.29, 1.82) is 0 Å². The van der Waals surface area contributed by atoms with Crippen LogP contribution in [0.25, 0.3) is 6.08 Å². The third-order valence-electron chi connectivity index (χ3n) is 4.65. The van der Waals surface area contributed by atoms with Crippen LogP contribution in [-0.4, -0.2) is 25.5 Å². The number of hydrogen-bond donors (Lipinski definition) is 2. The van der Waals surface area contributed by atoms with E-state index < -0.39 is 16.0 Å². The molecule has 0 radical (unpaired) electrons. The molecule has 148 valence electrons. The number of carbonyl (C=O) groups is 1. The van der Waals surface area contributed by atoms with Crippen LogP contribution in [0.5, 0.6) is 0 Å². The van der Waals surface area contributed by atoms with Gasteiger partial charge >= 0.3 is 5.97 Å². The van der Waals surface area contributed by atoms with E-state index in [2.05, 4.69) is 26.7 Å². The van der Waals surface area contributed by atoms with Gasteiger partial charge in [-0.1, -0.05) is 46.6 Å². The minimum absolute atomic E-state index is 0.0479. The molecule has 0 spiro atoms. The monoisotopic (exact) mass is 455 g/mol. The van der Waals surface area contributed by atoms with E-state index in [0.717, 1.165) is 42.1 Å². The van der Waals surface area contributed by atoms with Gasteiger partial charge in [-0.3, -0.25) is 4.79 Å². The van der Waals surface area contributed by atoms with E-state index in [-0.39, 0.29) is 18.4 Å². The quantitative estimate of drug-likeness (QED) is 0.395. The number of allylic oxidation sites excluding steroid dienone is 2. The molecule has 2 atom stereocenters. The molecule has 1 aromatic carbocycles. The molecule has 1 aliphatic rings. The molecule has 0 aliphatic heterocycles. The smallest absolute Gasteiger partial charge is 0.303 e. The highest BCUT2D eigenvalue weighted by Gasteiger charge is 2.28. The lowest BCUT2D eigenvalue weighted by molar-refractivity contribution is -0.137. The Morgan fingerprint density at radius 1 is 1.22 bits per heavy atom. The number of sulfonamides is 1. The lowest BCUT2D eigenvalue weighted by atomic mass is 10.00. The second kappa shape index (κ2) is 10.8. The van der Waals surface area contributed by atoms with Crippen molar-refractivity contribution >= 4 is 38.0 Å². The van der Waals surface area contributed by atoms with Crippen molar-refractivity contribution in [3.63, 3.8) is 0 Å². The zero-order valence-electron chi connectivity index (χ0n) is 15.2. The molecule has 5 nitrogen and oxygen atoms in total. The molecule has 27 heavy (non-hydrogen) atoms. The van der Waals surface area contributed by atoms with E-state index in [0.29, 0.717) is 6.42 Å². The summed E-state index contributed by atoms with van der Waals surface area (Å²) in [5, 5.41) is 9.85. The molecule has 2 N–H and O–H groups in total. The molecule has 7 heteroatoms. The number of hydrogen-bond acceptors (Lipinski definition) is 3. The fourth-order valence-electron chi connectivity index (χ4n) is 3.23. The Hall–Kier alpha value is -1.44. The molecular formula is C20H26BrNO4S. The van der Waals surface area contributed by atoms with Gasteiger partial charge in [-0.05, 0) is 61.8 Å². The van der Waals surface area contributed by atoms with Gasteiger partial charge in [-0.15, -0.1) is 0 Å². The molecule has 2 rings (SSSR count). The first-order valence-electron chi connectivity index (χ1n) is 9.18. The maximum Gasteiger partial charge on any atom is 0.303 e. The SMILES string of the molecule is O=C(O)CCC/C=C/CC1CCCC1NS(=O)(=O)/C=C/c1ccc(Br)cc1. The fraction of sp³-hybridized carbons (Fsp3) is 0.450. The van der Waals surface area contributed by atoms with E-state index >= 15 is 0 Å². The molecule has 0 aromatic heterocycles.